The molecule has 4 rings (SSSR count). The number of carboxylic acids is 1. The number of carbonyl (C=O) groups is 1. The molecule has 2 fully saturated rings. The van der Waals surface area contributed by atoms with E-state index in [1.807, 2.05) is 19.3 Å². The molecular weight excluding hydrogens is 347 g/mol. The lowest BCUT2D eigenvalue weighted by atomic mass is 9.68. The predicted molar refractivity (Wildman–Crippen MR) is 99.1 cm³/mol. The van der Waals surface area contributed by atoms with Crippen LogP contribution in [0.2, 0.25) is 0 Å². The van der Waals surface area contributed by atoms with E-state index in [1.165, 1.54) is 6.07 Å². The van der Waals surface area contributed by atoms with Gasteiger partial charge in [-0.2, -0.15) is 5.10 Å². The van der Waals surface area contributed by atoms with Gasteiger partial charge in [0.1, 0.15) is 5.82 Å². The van der Waals surface area contributed by atoms with E-state index in [-0.39, 0.29) is 11.9 Å². The van der Waals surface area contributed by atoms with Crippen LogP contribution < -0.4 is 0 Å². The zero-order valence-corrected chi connectivity index (χ0v) is 15.5. The number of halogens is 1. The van der Waals surface area contributed by atoms with Gasteiger partial charge in [-0.25, -0.2) is 9.07 Å². The minimum atomic E-state index is -0.679. The lowest BCUT2D eigenvalue weighted by molar-refractivity contribution is -0.162. The Morgan fingerprint density at radius 3 is 2.96 bits per heavy atom. The van der Waals surface area contributed by atoms with Gasteiger partial charge in [0, 0.05) is 31.5 Å². The van der Waals surface area contributed by atoms with E-state index in [9.17, 15) is 14.3 Å². The Hall–Kier alpha value is -2.25. The number of nitrogens with zero attached hydrogens (tertiary/aromatic N) is 4. The van der Waals surface area contributed by atoms with Crippen LogP contribution in [0.3, 0.4) is 0 Å². The zero-order valence-electron chi connectivity index (χ0n) is 15.5. The molecule has 0 aliphatic carbocycles. The Labute approximate surface area is 158 Å². The standard InChI is InChI=1S/C20H25FN4O2/c1-23-9-2-6-20(19(26)27)7-11-24(14-18(20)23)13-15-12-16(21)4-5-17(15)25-10-3-8-22-25/h3-5,8,10,12,18H,2,6-7,9,11,13-14H2,1H3,(H,26,27)/t18-,20+/m1/s1. The van der Waals surface area contributed by atoms with Gasteiger partial charge in [-0.1, -0.05) is 0 Å². The van der Waals surface area contributed by atoms with Crippen molar-refractivity contribution in [3.63, 3.8) is 0 Å². The number of hydrogen-bond acceptors (Lipinski definition) is 4. The molecule has 0 saturated carbocycles. The van der Waals surface area contributed by atoms with Crippen LogP contribution >= 0.6 is 0 Å². The lowest BCUT2D eigenvalue weighted by Gasteiger charge is -2.52. The van der Waals surface area contributed by atoms with Gasteiger partial charge in [-0.3, -0.25) is 9.69 Å². The lowest BCUT2D eigenvalue weighted by Crippen LogP contribution is -2.62. The van der Waals surface area contributed by atoms with Crippen LogP contribution in [0.4, 0.5) is 4.39 Å². The Morgan fingerprint density at radius 1 is 1.37 bits per heavy atom. The number of aromatic nitrogens is 2. The maximum absolute atomic E-state index is 13.9. The molecule has 6 nitrogen and oxygen atoms in total. The first-order valence-corrected chi connectivity index (χ1v) is 9.44. The van der Waals surface area contributed by atoms with E-state index >= 15 is 0 Å². The molecule has 1 N–H and O–H groups in total. The summed E-state index contributed by atoms with van der Waals surface area (Å²) in [6, 6.07) is 6.57. The topological polar surface area (TPSA) is 61.6 Å². The van der Waals surface area contributed by atoms with E-state index in [0.29, 0.717) is 26.1 Å². The summed E-state index contributed by atoms with van der Waals surface area (Å²) in [7, 11) is 2.02. The Kier molecular flexibility index (Phi) is 4.74. The highest BCUT2D eigenvalue weighted by molar-refractivity contribution is 5.76. The molecule has 27 heavy (non-hydrogen) atoms. The second-order valence-electron chi connectivity index (χ2n) is 7.77. The van der Waals surface area contributed by atoms with Crippen molar-refractivity contribution >= 4 is 5.97 Å². The average Bonchev–Trinajstić information content (AvgIpc) is 3.17. The van der Waals surface area contributed by atoms with Gasteiger partial charge in [0.2, 0.25) is 0 Å². The van der Waals surface area contributed by atoms with E-state index in [0.717, 1.165) is 30.6 Å². The number of hydrogen-bond donors (Lipinski definition) is 1. The van der Waals surface area contributed by atoms with Gasteiger partial charge >= 0.3 is 5.97 Å². The first kappa shape index (κ1) is 18.1. The molecule has 2 atom stereocenters. The van der Waals surface area contributed by atoms with Gasteiger partial charge < -0.3 is 10.0 Å². The van der Waals surface area contributed by atoms with Crippen LogP contribution in [0.25, 0.3) is 5.69 Å². The summed E-state index contributed by atoms with van der Waals surface area (Å²) in [4.78, 5) is 16.5. The molecule has 144 valence electrons. The third-order valence-corrected chi connectivity index (χ3v) is 6.22. The number of benzene rings is 1. The smallest absolute Gasteiger partial charge is 0.311 e. The molecule has 1 aromatic carbocycles. The summed E-state index contributed by atoms with van der Waals surface area (Å²) in [6.45, 7) is 2.88. The van der Waals surface area contributed by atoms with Crippen molar-refractivity contribution in [2.45, 2.75) is 31.8 Å². The molecule has 0 spiro atoms. The fourth-order valence-electron chi connectivity index (χ4n) is 4.74. The van der Waals surface area contributed by atoms with Gasteiger partial charge in [0.05, 0.1) is 11.1 Å². The molecule has 2 aliphatic heterocycles. The second-order valence-corrected chi connectivity index (χ2v) is 7.77. The molecule has 2 aromatic rings. The quantitative estimate of drug-likeness (QED) is 0.893. The minimum Gasteiger partial charge on any atom is -0.481 e. The molecule has 3 heterocycles. The highest BCUT2D eigenvalue weighted by Gasteiger charge is 2.52. The van der Waals surface area contributed by atoms with E-state index in [2.05, 4.69) is 14.9 Å². The first-order valence-electron chi connectivity index (χ1n) is 9.44. The molecular formula is C20H25FN4O2. The normalized spacial score (nSPS) is 26.7. The molecule has 7 heteroatoms. The molecule has 1 aromatic heterocycles. The van der Waals surface area contributed by atoms with Crippen molar-refractivity contribution in [3.05, 3.63) is 48.0 Å². The van der Waals surface area contributed by atoms with Gasteiger partial charge in [-0.05, 0) is 69.2 Å². The number of likely N-dealkylation sites (tertiary alicyclic amines) is 2. The fraction of sp³-hybridized carbons (Fsp3) is 0.500. The molecule has 0 amide bonds. The average molecular weight is 372 g/mol. The minimum absolute atomic E-state index is 0.0146. The molecule has 2 aliphatic rings. The van der Waals surface area contributed by atoms with Crippen molar-refractivity contribution in [2.24, 2.45) is 5.41 Å². The van der Waals surface area contributed by atoms with E-state index < -0.39 is 11.4 Å². The molecule has 2 saturated heterocycles. The van der Waals surface area contributed by atoms with Crippen molar-refractivity contribution in [3.8, 4) is 5.69 Å². The SMILES string of the molecule is CN1CCC[C@]2(C(=O)O)CCN(Cc3cc(F)ccc3-n3cccn3)C[C@@H]12. The largest absolute Gasteiger partial charge is 0.481 e. The number of piperidine rings is 2. The Bertz CT molecular complexity index is 825. The Morgan fingerprint density at radius 2 is 2.22 bits per heavy atom. The second kappa shape index (κ2) is 7.05. The maximum Gasteiger partial charge on any atom is 0.311 e. The van der Waals surface area contributed by atoms with Crippen LogP contribution in [0.5, 0.6) is 0 Å². The number of carboxylic acid groups (broad SMARTS) is 1. The number of fused-ring (bicyclic) bond motifs is 1. The maximum atomic E-state index is 13.9. The van der Waals surface area contributed by atoms with Crippen LogP contribution in [0.1, 0.15) is 24.8 Å². The van der Waals surface area contributed by atoms with Gasteiger partial charge in [0.15, 0.2) is 0 Å². The third-order valence-electron chi connectivity index (χ3n) is 6.22. The molecule has 0 unspecified atom stereocenters. The van der Waals surface area contributed by atoms with Crippen molar-refractivity contribution < 1.29 is 14.3 Å². The summed E-state index contributed by atoms with van der Waals surface area (Å²) in [5, 5.41) is 14.2. The zero-order chi connectivity index (χ0) is 19.0. The van der Waals surface area contributed by atoms with Crippen molar-refractivity contribution in [1.29, 1.82) is 0 Å². The van der Waals surface area contributed by atoms with E-state index in [4.69, 9.17) is 0 Å². The number of rotatable bonds is 4. The van der Waals surface area contributed by atoms with Crippen LogP contribution in [0, 0.1) is 11.2 Å². The van der Waals surface area contributed by atoms with Crippen molar-refractivity contribution in [1.82, 2.24) is 19.6 Å². The summed E-state index contributed by atoms with van der Waals surface area (Å²) in [6.07, 6.45) is 5.84. The molecule has 0 radical (unpaired) electrons. The van der Waals surface area contributed by atoms with Gasteiger partial charge in [-0.15, -0.1) is 0 Å². The van der Waals surface area contributed by atoms with Crippen molar-refractivity contribution in [2.75, 3.05) is 26.7 Å². The highest BCUT2D eigenvalue weighted by atomic mass is 19.1. The Balaban J connectivity index is 1.58. The van der Waals surface area contributed by atoms with E-state index in [1.54, 1.807) is 23.0 Å². The van der Waals surface area contributed by atoms with Crippen LogP contribution in [-0.4, -0.2) is 63.4 Å². The third kappa shape index (κ3) is 3.26. The molecule has 0 bridgehead atoms. The predicted octanol–water partition coefficient (Wildman–Crippen LogP) is 2.38. The summed E-state index contributed by atoms with van der Waals surface area (Å²) in [5.74, 6) is -0.950. The summed E-state index contributed by atoms with van der Waals surface area (Å²) < 4.78 is 15.6. The van der Waals surface area contributed by atoms with Gasteiger partial charge in [0.25, 0.3) is 0 Å². The van der Waals surface area contributed by atoms with Crippen LogP contribution in [0.15, 0.2) is 36.7 Å². The van der Waals surface area contributed by atoms with Crippen LogP contribution in [-0.2, 0) is 11.3 Å². The highest BCUT2D eigenvalue weighted by Crippen LogP contribution is 2.42. The number of aliphatic carboxylic acids is 1. The fourth-order valence-corrected chi connectivity index (χ4v) is 4.74. The monoisotopic (exact) mass is 372 g/mol. The first-order chi connectivity index (χ1) is 13.0. The summed E-state index contributed by atoms with van der Waals surface area (Å²) >= 11 is 0. The summed E-state index contributed by atoms with van der Waals surface area (Å²) in [5.41, 5.74) is 1.06. The number of likely N-dealkylation sites (N-methyl/N-ethyl adjacent to an activating group) is 1.